The third kappa shape index (κ3) is 5.52. The summed E-state index contributed by atoms with van der Waals surface area (Å²) in [5.74, 6) is 1.65. The number of aromatic nitrogens is 1. The first-order valence-corrected chi connectivity index (χ1v) is 12.1. The normalized spacial score (nSPS) is 16.2. The van der Waals surface area contributed by atoms with Crippen molar-refractivity contribution < 1.29 is 14.3 Å². The summed E-state index contributed by atoms with van der Waals surface area (Å²) < 4.78 is 10.9. The number of carbonyl (C=O) groups is 1. The smallest absolute Gasteiger partial charge is 0.231 e. The average Bonchev–Trinajstić information content (AvgIpc) is 3.45. The van der Waals surface area contributed by atoms with Crippen LogP contribution in [0.15, 0.2) is 47.8 Å². The largest absolute Gasteiger partial charge is 0.454 e. The second-order valence-corrected chi connectivity index (χ2v) is 9.46. The molecule has 0 spiro atoms. The van der Waals surface area contributed by atoms with Crippen molar-refractivity contribution in [2.75, 3.05) is 38.3 Å². The first-order chi connectivity index (χ1) is 16.1. The van der Waals surface area contributed by atoms with E-state index in [4.69, 9.17) is 14.5 Å². The molecule has 3 heterocycles. The third-order valence-electron chi connectivity index (χ3n) is 6.02. The Hall–Kier alpha value is -2.94. The number of nitrogens with one attached hydrogen (secondary N) is 1. The van der Waals surface area contributed by atoms with Gasteiger partial charge in [0.25, 0.3) is 0 Å². The molecule has 1 N–H and O–H groups in total. The highest BCUT2D eigenvalue weighted by atomic mass is 32.1. The predicted octanol–water partition coefficient (Wildman–Crippen LogP) is 3.68. The van der Waals surface area contributed by atoms with Crippen molar-refractivity contribution >= 4 is 22.9 Å². The molecule has 7 nitrogen and oxygen atoms in total. The Balaban J connectivity index is 1.08. The van der Waals surface area contributed by atoms with Gasteiger partial charge in [0.15, 0.2) is 11.5 Å². The molecule has 1 fully saturated rings. The van der Waals surface area contributed by atoms with Gasteiger partial charge in [-0.15, -0.1) is 11.3 Å². The number of hydrogen-bond donors (Lipinski definition) is 1. The van der Waals surface area contributed by atoms with E-state index in [1.165, 1.54) is 5.56 Å². The van der Waals surface area contributed by atoms with Crippen LogP contribution in [-0.4, -0.2) is 53.7 Å². The number of benzene rings is 2. The van der Waals surface area contributed by atoms with Gasteiger partial charge in [0.1, 0.15) is 5.01 Å². The number of nitrogens with zero attached hydrogens (tertiary/aromatic N) is 3. The first-order valence-electron chi connectivity index (χ1n) is 11.2. The minimum Gasteiger partial charge on any atom is -0.454 e. The standard InChI is InChI=1S/C25H28N4O3S/c1-18-4-2-3-5-21(18)27-24(30)13-25-26-20(16-33-25)15-29-10-8-28(9-11-29)14-19-6-7-22-23(12-19)32-17-31-22/h2-7,12,16H,8-11,13-15,17H2,1H3,(H,27,30). The lowest BCUT2D eigenvalue weighted by atomic mass is 10.1. The van der Waals surface area contributed by atoms with Gasteiger partial charge < -0.3 is 14.8 Å². The van der Waals surface area contributed by atoms with Crippen LogP contribution in [0.2, 0.25) is 0 Å². The summed E-state index contributed by atoms with van der Waals surface area (Å²) >= 11 is 1.56. The van der Waals surface area contributed by atoms with Crippen LogP contribution in [0.4, 0.5) is 5.69 Å². The monoisotopic (exact) mass is 464 g/mol. The summed E-state index contributed by atoms with van der Waals surface area (Å²) in [5, 5.41) is 5.92. The Kier molecular flexibility index (Phi) is 6.57. The molecule has 0 atom stereocenters. The maximum atomic E-state index is 12.4. The Labute approximate surface area is 198 Å². The molecule has 3 aromatic rings. The highest BCUT2D eigenvalue weighted by molar-refractivity contribution is 7.09. The Morgan fingerprint density at radius 3 is 2.61 bits per heavy atom. The van der Waals surface area contributed by atoms with Gasteiger partial charge in [-0.3, -0.25) is 14.6 Å². The Morgan fingerprint density at radius 2 is 1.79 bits per heavy atom. The number of aryl methyl sites for hydroxylation is 1. The van der Waals surface area contributed by atoms with E-state index in [0.29, 0.717) is 13.2 Å². The highest BCUT2D eigenvalue weighted by Gasteiger charge is 2.20. The molecule has 0 unspecified atom stereocenters. The Bertz CT molecular complexity index is 1120. The molecule has 0 bridgehead atoms. The molecule has 1 aromatic heterocycles. The third-order valence-corrected chi connectivity index (χ3v) is 6.92. The average molecular weight is 465 g/mol. The molecule has 1 amide bonds. The maximum absolute atomic E-state index is 12.4. The highest BCUT2D eigenvalue weighted by Crippen LogP contribution is 2.32. The molecule has 2 aromatic carbocycles. The number of anilines is 1. The van der Waals surface area contributed by atoms with E-state index in [1.807, 2.05) is 37.3 Å². The second kappa shape index (κ2) is 9.91. The summed E-state index contributed by atoms with van der Waals surface area (Å²) in [6.45, 7) is 8.10. The van der Waals surface area contributed by atoms with Crippen molar-refractivity contribution in [2.24, 2.45) is 0 Å². The molecule has 33 heavy (non-hydrogen) atoms. The molecular weight excluding hydrogens is 436 g/mol. The van der Waals surface area contributed by atoms with Gasteiger partial charge in [-0.2, -0.15) is 0 Å². The zero-order valence-electron chi connectivity index (χ0n) is 18.8. The fraction of sp³-hybridized carbons (Fsp3) is 0.360. The summed E-state index contributed by atoms with van der Waals surface area (Å²) in [5.41, 5.74) is 4.21. The number of hydrogen-bond acceptors (Lipinski definition) is 7. The van der Waals surface area contributed by atoms with E-state index < -0.39 is 0 Å². The van der Waals surface area contributed by atoms with Crippen molar-refractivity contribution in [3.8, 4) is 11.5 Å². The molecule has 1 saturated heterocycles. The number of ether oxygens (including phenoxy) is 2. The fourth-order valence-electron chi connectivity index (χ4n) is 4.18. The first kappa shape index (κ1) is 21.9. The van der Waals surface area contributed by atoms with Crippen molar-refractivity contribution in [1.82, 2.24) is 14.8 Å². The van der Waals surface area contributed by atoms with Crippen LogP contribution in [0.1, 0.15) is 21.8 Å². The molecule has 172 valence electrons. The van der Waals surface area contributed by atoms with Crippen molar-refractivity contribution in [3.05, 3.63) is 69.7 Å². The summed E-state index contributed by atoms with van der Waals surface area (Å²) in [6, 6.07) is 14.0. The van der Waals surface area contributed by atoms with E-state index in [1.54, 1.807) is 11.3 Å². The quantitative estimate of drug-likeness (QED) is 0.576. The van der Waals surface area contributed by atoms with Gasteiger partial charge >= 0.3 is 0 Å². The van der Waals surface area contributed by atoms with Crippen molar-refractivity contribution in [1.29, 1.82) is 0 Å². The van der Waals surface area contributed by atoms with Crippen molar-refractivity contribution in [2.45, 2.75) is 26.4 Å². The van der Waals surface area contributed by atoms with E-state index in [-0.39, 0.29) is 5.91 Å². The molecular formula is C25H28N4O3S. The predicted molar refractivity (Wildman–Crippen MR) is 129 cm³/mol. The zero-order valence-corrected chi connectivity index (χ0v) is 19.6. The van der Waals surface area contributed by atoms with Crippen LogP contribution in [0.5, 0.6) is 11.5 Å². The molecule has 2 aliphatic heterocycles. The summed E-state index contributed by atoms with van der Waals surface area (Å²) in [7, 11) is 0. The van der Waals surface area contributed by atoms with Gasteiger partial charge in [0, 0.05) is 50.3 Å². The molecule has 0 radical (unpaired) electrons. The number of thiazole rings is 1. The topological polar surface area (TPSA) is 66.9 Å². The van der Waals surface area contributed by atoms with Crippen molar-refractivity contribution in [3.63, 3.8) is 0 Å². The minimum absolute atomic E-state index is 0.0256. The number of carbonyl (C=O) groups excluding carboxylic acids is 1. The number of para-hydroxylation sites is 1. The minimum atomic E-state index is -0.0256. The van der Waals surface area contributed by atoms with Gasteiger partial charge in [0.2, 0.25) is 12.7 Å². The van der Waals surface area contributed by atoms with Crippen LogP contribution >= 0.6 is 11.3 Å². The van der Waals surface area contributed by atoms with E-state index >= 15 is 0 Å². The van der Waals surface area contributed by atoms with E-state index in [9.17, 15) is 4.79 Å². The number of rotatable bonds is 7. The summed E-state index contributed by atoms with van der Waals surface area (Å²) in [4.78, 5) is 22.0. The zero-order chi connectivity index (χ0) is 22.6. The molecule has 5 rings (SSSR count). The SMILES string of the molecule is Cc1ccccc1NC(=O)Cc1nc(CN2CCN(Cc3ccc4c(c3)OCO4)CC2)cs1. The number of piperazine rings is 1. The maximum Gasteiger partial charge on any atom is 0.231 e. The number of fused-ring (bicyclic) bond motifs is 1. The van der Waals surface area contributed by atoms with Crippen LogP contribution in [0.3, 0.4) is 0 Å². The van der Waals surface area contributed by atoms with Gasteiger partial charge in [0.05, 0.1) is 12.1 Å². The summed E-state index contributed by atoms with van der Waals surface area (Å²) in [6.07, 6.45) is 0.308. The lowest BCUT2D eigenvalue weighted by Gasteiger charge is -2.34. The van der Waals surface area contributed by atoms with Gasteiger partial charge in [-0.25, -0.2) is 4.98 Å². The molecule has 0 aliphatic carbocycles. The Morgan fingerprint density at radius 1 is 1.03 bits per heavy atom. The fourth-order valence-corrected chi connectivity index (χ4v) is 4.96. The van der Waals surface area contributed by atoms with Crippen LogP contribution in [0, 0.1) is 6.92 Å². The van der Waals surface area contributed by atoms with Gasteiger partial charge in [-0.1, -0.05) is 24.3 Å². The van der Waals surface area contributed by atoms with E-state index in [2.05, 4.69) is 32.6 Å². The van der Waals surface area contributed by atoms with E-state index in [0.717, 1.165) is 72.7 Å². The number of amides is 1. The lowest BCUT2D eigenvalue weighted by Crippen LogP contribution is -2.45. The lowest BCUT2D eigenvalue weighted by molar-refractivity contribution is -0.115. The van der Waals surface area contributed by atoms with Crippen LogP contribution < -0.4 is 14.8 Å². The van der Waals surface area contributed by atoms with Gasteiger partial charge in [-0.05, 0) is 36.2 Å². The second-order valence-electron chi connectivity index (χ2n) is 8.51. The molecule has 8 heteroatoms. The molecule has 0 saturated carbocycles. The van der Waals surface area contributed by atoms with Crippen LogP contribution in [-0.2, 0) is 24.3 Å². The van der Waals surface area contributed by atoms with Crippen LogP contribution in [0.25, 0.3) is 0 Å². The molecule has 2 aliphatic rings.